The van der Waals surface area contributed by atoms with Gasteiger partial charge in [0, 0.05) is 35.9 Å². The number of carbonyl (C=O) groups is 1. The Hall–Kier alpha value is -2.35. The molecule has 0 spiro atoms. The number of esters is 1. The van der Waals surface area contributed by atoms with Gasteiger partial charge in [-0.2, -0.15) is 0 Å². The molecule has 0 aliphatic heterocycles. The lowest BCUT2D eigenvalue weighted by molar-refractivity contribution is -0.140. The third-order valence-corrected chi connectivity index (χ3v) is 4.30. The number of alkyl halides is 2. The van der Waals surface area contributed by atoms with E-state index >= 15 is 0 Å². The minimum atomic E-state index is -3.05. The van der Waals surface area contributed by atoms with Crippen molar-refractivity contribution in [2.24, 2.45) is 0 Å². The molecule has 0 saturated heterocycles. The standard InChI is InChI=1S/C20H21F3O4S/c1-3-5-15-14-7-6-13(12-16(14)27-19(28)18(15)21)25-10-8-20(22,23)9-11-26-17(24)4-2/h4,6-7,12H,2-3,5,8-11H2,1H3. The number of ether oxygens (including phenoxy) is 2. The summed E-state index contributed by atoms with van der Waals surface area (Å²) in [5.41, 5.74) is 0.816. The van der Waals surface area contributed by atoms with E-state index in [1.165, 1.54) is 6.07 Å². The van der Waals surface area contributed by atoms with Crippen molar-refractivity contribution in [2.45, 2.75) is 38.5 Å². The van der Waals surface area contributed by atoms with Crippen molar-refractivity contribution >= 4 is 29.2 Å². The number of hydrogen-bond donors (Lipinski definition) is 0. The molecule has 0 bridgehead atoms. The maximum Gasteiger partial charge on any atom is 0.330 e. The van der Waals surface area contributed by atoms with E-state index in [4.69, 9.17) is 21.4 Å². The van der Waals surface area contributed by atoms with Crippen LogP contribution in [0.2, 0.25) is 0 Å². The molecule has 4 nitrogen and oxygen atoms in total. The second-order valence-electron chi connectivity index (χ2n) is 6.17. The van der Waals surface area contributed by atoms with Crippen LogP contribution in [0.1, 0.15) is 31.7 Å². The Morgan fingerprint density at radius 3 is 2.71 bits per heavy atom. The van der Waals surface area contributed by atoms with Gasteiger partial charge < -0.3 is 13.9 Å². The first kappa shape index (κ1) is 21.9. The van der Waals surface area contributed by atoms with Gasteiger partial charge in [-0.15, -0.1) is 0 Å². The average molecular weight is 414 g/mol. The van der Waals surface area contributed by atoms with E-state index in [2.05, 4.69) is 11.3 Å². The third kappa shape index (κ3) is 5.82. The molecule has 0 aliphatic rings. The van der Waals surface area contributed by atoms with Gasteiger partial charge in [-0.25, -0.2) is 18.0 Å². The summed E-state index contributed by atoms with van der Waals surface area (Å²) in [7, 11) is 0. The molecule has 1 heterocycles. The zero-order valence-electron chi connectivity index (χ0n) is 15.4. The first-order valence-corrected chi connectivity index (χ1v) is 9.23. The summed E-state index contributed by atoms with van der Waals surface area (Å²) in [6.45, 7) is 4.46. The normalized spacial score (nSPS) is 11.4. The minimum absolute atomic E-state index is 0.242. The Kier molecular flexibility index (Phi) is 7.62. The van der Waals surface area contributed by atoms with Crippen LogP contribution < -0.4 is 4.74 Å². The summed E-state index contributed by atoms with van der Waals surface area (Å²) in [5.74, 6) is -4.02. The van der Waals surface area contributed by atoms with Gasteiger partial charge in [-0.1, -0.05) is 19.9 Å². The van der Waals surface area contributed by atoms with Crippen LogP contribution in [0.15, 0.2) is 35.3 Å². The van der Waals surface area contributed by atoms with E-state index < -0.39 is 37.2 Å². The molecule has 0 fully saturated rings. The highest BCUT2D eigenvalue weighted by atomic mass is 32.1. The molecule has 0 atom stereocenters. The summed E-state index contributed by atoms with van der Waals surface area (Å²) < 4.78 is 56.8. The Morgan fingerprint density at radius 2 is 2.04 bits per heavy atom. The van der Waals surface area contributed by atoms with Crippen LogP contribution in [0.25, 0.3) is 11.0 Å². The molecular formula is C20H21F3O4S. The Morgan fingerprint density at radius 1 is 1.32 bits per heavy atom. The van der Waals surface area contributed by atoms with Gasteiger partial charge in [0.15, 0.2) is 5.82 Å². The molecule has 1 aromatic carbocycles. The molecule has 8 heteroatoms. The van der Waals surface area contributed by atoms with Gasteiger partial charge in [0.2, 0.25) is 4.71 Å². The Balaban J connectivity index is 2.01. The van der Waals surface area contributed by atoms with Crippen molar-refractivity contribution in [3.63, 3.8) is 0 Å². The van der Waals surface area contributed by atoms with Crippen LogP contribution in [0.3, 0.4) is 0 Å². The van der Waals surface area contributed by atoms with Gasteiger partial charge in [0.25, 0.3) is 5.92 Å². The molecule has 1 aromatic heterocycles. The summed E-state index contributed by atoms with van der Waals surface area (Å²) >= 11 is 4.91. The maximum atomic E-state index is 14.2. The maximum absolute atomic E-state index is 14.2. The molecule has 2 aromatic rings. The highest BCUT2D eigenvalue weighted by Crippen LogP contribution is 2.29. The average Bonchev–Trinajstić information content (AvgIpc) is 2.65. The number of aryl methyl sites for hydroxylation is 1. The quantitative estimate of drug-likeness (QED) is 0.280. The highest BCUT2D eigenvalue weighted by molar-refractivity contribution is 7.71. The van der Waals surface area contributed by atoms with Crippen LogP contribution in [0, 0.1) is 10.5 Å². The molecule has 0 radical (unpaired) electrons. The first-order valence-electron chi connectivity index (χ1n) is 8.82. The largest absolute Gasteiger partial charge is 0.493 e. The van der Waals surface area contributed by atoms with E-state index in [1.54, 1.807) is 12.1 Å². The van der Waals surface area contributed by atoms with Gasteiger partial charge in [0.05, 0.1) is 13.2 Å². The van der Waals surface area contributed by atoms with E-state index in [0.717, 1.165) is 12.5 Å². The zero-order valence-corrected chi connectivity index (χ0v) is 16.3. The van der Waals surface area contributed by atoms with Crippen LogP contribution >= 0.6 is 12.2 Å². The lowest BCUT2D eigenvalue weighted by Gasteiger charge is -2.16. The monoisotopic (exact) mass is 414 g/mol. The van der Waals surface area contributed by atoms with Crippen molar-refractivity contribution in [3.05, 3.63) is 46.9 Å². The molecule has 0 N–H and O–H groups in total. The number of carbonyl (C=O) groups excluding carboxylic acids is 1. The van der Waals surface area contributed by atoms with Gasteiger partial charge in [-0.05, 0) is 30.8 Å². The highest BCUT2D eigenvalue weighted by Gasteiger charge is 2.29. The fraction of sp³-hybridized carbons (Fsp3) is 0.400. The fourth-order valence-corrected chi connectivity index (χ4v) is 2.82. The molecule has 2 rings (SSSR count). The SMILES string of the molecule is C=CC(=O)OCCC(F)(F)CCOc1ccc2c(CCC)c(F)c(=S)oc2c1. The van der Waals surface area contributed by atoms with E-state index in [1.807, 2.05) is 6.92 Å². The van der Waals surface area contributed by atoms with Crippen molar-refractivity contribution < 1.29 is 31.9 Å². The van der Waals surface area contributed by atoms with E-state index in [9.17, 15) is 18.0 Å². The predicted octanol–water partition coefficient (Wildman–Crippen LogP) is 5.78. The molecular weight excluding hydrogens is 393 g/mol. The van der Waals surface area contributed by atoms with Gasteiger partial charge in [0.1, 0.15) is 11.3 Å². The topological polar surface area (TPSA) is 48.7 Å². The second-order valence-corrected chi connectivity index (χ2v) is 6.54. The van der Waals surface area contributed by atoms with E-state index in [-0.39, 0.29) is 11.3 Å². The number of benzene rings is 1. The van der Waals surface area contributed by atoms with Crippen LogP contribution in [-0.2, 0) is 16.0 Å². The number of rotatable bonds is 10. The first-order chi connectivity index (χ1) is 13.3. The van der Waals surface area contributed by atoms with Crippen LogP contribution in [-0.4, -0.2) is 25.1 Å². The molecule has 0 saturated carbocycles. The van der Waals surface area contributed by atoms with E-state index in [0.29, 0.717) is 28.7 Å². The smallest absolute Gasteiger partial charge is 0.330 e. The van der Waals surface area contributed by atoms with Crippen molar-refractivity contribution in [3.8, 4) is 5.75 Å². The minimum Gasteiger partial charge on any atom is -0.493 e. The molecule has 0 unspecified atom stereocenters. The molecule has 28 heavy (non-hydrogen) atoms. The predicted molar refractivity (Wildman–Crippen MR) is 102 cm³/mol. The lowest BCUT2D eigenvalue weighted by Crippen LogP contribution is -2.22. The molecule has 0 aliphatic carbocycles. The summed E-state index contributed by atoms with van der Waals surface area (Å²) in [5, 5.41) is 0.578. The lowest BCUT2D eigenvalue weighted by atomic mass is 10.1. The summed E-state index contributed by atoms with van der Waals surface area (Å²) in [6, 6.07) is 4.71. The second kappa shape index (κ2) is 9.73. The number of fused-ring (bicyclic) bond motifs is 1. The van der Waals surface area contributed by atoms with Crippen molar-refractivity contribution in [1.82, 2.24) is 0 Å². The van der Waals surface area contributed by atoms with Crippen LogP contribution in [0.4, 0.5) is 13.2 Å². The number of hydrogen-bond acceptors (Lipinski definition) is 5. The number of halogens is 3. The third-order valence-electron chi connectivity index (χ3n) is 4.04. The molecule has 152 valence electrons. The summed E-state index contributed by atoms with van der Waals surface area (Å²) in [4.78, 5) is 10.9. The zero-order chi connectivity index (χ0) is 20.7. The van der Waals surface area contributed by atoms with Gasteiger partial charge >= 0.3 is 5.97 Å². The van der Waals surface area contributed by atoms with Crippen molar-refractivity contribution in [1.29, 1.82) is 0 Å². The van der Waals surface area contributed by atoms with Crippen LogP contribution in [0.5, 0.6) is 5.75 Å². The molecule has 0 amide bonds. The fourth-order valence-electron chi connectivity index (χ4n) is 2.61. The van der Waals surface area contributed by atoms with Crippen molar-refractivity contribution in [2.75, 3.05) is 13.2 Å². The Labute approximate surface area is 165 Å². The van der Waals surface area contributed by atoms with Gasteiger partial charge in [-0.3, -0.25) is 0 Å². The summed E-state index contributed by atoms with van der Waals surface area (Å²) in [6.07, 6.45) is 0.996. The Bertz CT molecular complexity index is 908.